The normalized spacial score (nSPS) is 41.7. The van der Waals surface area contributed by atoms with Crippen LogP contribution in [0.4, 0.5) is 0 Å². The maximum Gasteiger partial charge on any atom is 0.333 e. The summed E-state index contributed by atoms with van der Waals surface area (Å²) in [7, 11) is 0. The molecule has 1 fully saturated rings. The highest BCUT2D eigenvalue weighted by molar-refractivity contribution is 5.72. The molecule has 2 rings (SSSR count). The Morgan fingerprint density at radius 3 is 2.81 bits per heavy atom. The van der Waals surface area contributed by atoms with Crippen molar-refractivity contribution in [2.45, 2.75) is 36.7 Å². The van der Waals surface area contributed by atoms with Crippen molar-refractivity contribution in [2.24, 2.45) is 0 Å². The number of fused-ring (bicyclic) bond motifs is 2. The Labute approximate surface area is 90.5 Å². The van der Waals surface area contributed by atoms with Gasteiger partial charge in [-0.15, -0.1) is 0 Å². The van der Waals surface area contributed by atoms with E-state index in [1.54, 1.807) is 0 Å². The summed E-state index contributed by atoms with van der Waals surface area (Å²) >= 11 is 0. The van der Waals surface area contributed by atoms with Gasteiger partial charge in [0.15, 0.2) is 6.10 Å². The quantitative estimate of drug-likeness (QED) is 0.377. The van der Waals surface area contributed by atoms with Gasteiger partial charge in [-0.25, -0.2) is 4.79 Å². The molecule has 16 heavy (non-hydrogen) atoms. The topological polar surface area (TPSA) is 110 Å². The molecule has 0 radical (unpaired) electrons. The molecule has 7 heteroatoms. The molecule has 2 bridgehead atoms. The summed E-state index contributed by atoms with van der Waals surface area (Å²) in [5, 5.41) is 29.3. The van der Waals surface area contributed by atoms with Crippen molar-refractivity contribution in [2.75, 3.05) is 0 Å². The molecule has 1 saturated heterocycles. The summed E-state index contributed by atoms with van der Waals surface area (Å²) in [5.74, 6) is -1.24. The summed E-state index contributed by atoms with van der Waals surface area (Å²) in [6, 6.07) is 0. The standard InChI is InChI=1S/C9H11NO6/c11-5-1-2-9(10(14)15)3-6(5)16-7(4-9)8(12)13/h1-2,5-7,11H,3-4H2,(H,12,13)/t5-,6-,7-,9+/m1/s1. The van der Waals surface area contributed by atoms with E-state index in [-0.39, 0.29) is 12.8 Å². The SMILES string of the molecule is O=C(O)[C@H]1C[C@]2([N+](=O)[O-])C=C[C@@H](O)[C@@H](C2)O1. The Balaban J connectivity index is 2.34. The van der Waals surface area contributed by atoms with E-state index >= 15 is 0 Å². The Morgan fingerprint density at radius 1 is 1.56 bits per heavy atom. The molecule has 2 N–H and O–H groups in total. The fourth-order valence-electron chi connectivity index (χ4n) is 2.15. The molecule has 1 aliphatic carbocycles. The maximum absolute atomic E-state index is 11.0. The average Bonchev–Trinajstić information content (AvgIpc) is 2.23. The summed E-state index contributed by atoms with van der Waals surface area (Å²) in [6.07, 6.45) is -0.623. The fraction of sp³-hybridized carbons (Fsp3) is 0.667. The van der Waals surface area contributed by atoms with Crippen LogP contribution in [0.15, 0.2) is 12.2 Å². The van der Waals surface area contributed by atoms with Gasteiger partial charge in [0.2, 0.25) is 5.54 Å². The van der Waals surface area contributed by atoms with Crippen LogP contribution in [-0.4, -0.2) is 45.0 Å². The summed E-state index contributed by atoms with van der Waals surface area (Å²) in [6.45, 7) is 0. The highest BCUT2D eigenvalue weighted by atomic mass is 16.6. The average molecular weight is 229 g/mol. The first-order valence-corrected chi connectivity index (χ1v) is 4.85. The largest absolute Gasteiger partial charge is 0.479 e. The Kier molecular flexibility index (Phi) is 2.43. The van der Waals surface area contributed by atoms with E-state index in [1.807, 2.05) is 0 Å². The van der Waals surface area contributed by atoms with E-state index in [2.05, 4.69) is 0 Å². The van der Waals surface area contributed by atoms with Crippen LogP contribution < -0.4 is 0 Å². The van der Waals surface area contributed by atoms with E-state index in [1.165, 1.54) is 12.2 Å². The molecule has 7 nitrogen and oxygen atoms in total. The van der Waals surface area contributed by atoms with Gasteiger partial charge >= 0.3 is 5.97 Å². The van der Waals surface area contributed by atoms with Crippen molar-refractivity contribution in [3.05, 3.63) is 22.3 Å². The number of rotatable bonds is 2. The Morgan fingerprint density at radius 2 is 2.25 bits per heavy atom. The van der Waals surface area contributed by atoms with Gasteiger partial charge < -0.3 is 14.9 Å². The Hall–Kier alpha value is -1.47. The number of carboxylic acids is 1. The fourth-order valence-corrected chi connectivity index (χ4v) is 2.15. The van der Waals surface area contributed by atoms with Crippen LogP contribution in [0.25, 0.3) is 0 Å². The molecule has 0 aromatic carbocycles. The minimum Gasteiger partial charge on any atom is -0.479 e. The molecule has 0 amide bonds. The first-order valence-electron chi connectivity index (χ1n) is 4.85. The third kappa shape index (κ3) is 1.57. The molecule has 2 aliphatic rings. The van der Waals surface area contributed by atoms with Crippen molar-refractivity contribution >= 4 is 5.97 Å². The van der Waals surface area contributed by atoms with Crippen LogP contribution >= 0.6 is 0 Å². The lowest BCUT2D eigenvalue weighted by Gasteiger charge is -2.39. The monoisotopic (exact) mass is 229 g/mol. The van der Waals surface area contributed by atoms with E-state index < -0.39 is 34.7 Å². The van der Waals surface area contributed by atoms with Crippen molar-refractivity contribution in [1.82, 2.24) is 0 Å². The maximum atomic E-state index is 11.0. The lowest BCUT2D eigenvalue weighted by Crippen LogP contribution is -2.56. The first kappa shape index (κ1) is 11.0. The number of aliphatic carboxylic acids is 1. The Bertz CT molecular complexity index is 367. The van der Waals surface area contributed by atoms with Crippen molar-refractivity contribution in [1.29, 1.82) is 0 Å². The van der Waals surface area contributed by atoms with Crippen LogP contribution in [0.3, 0.4) is 0 Å². The zero-order valence-corrected chi connectivity index (χ0v) is 8.28. The molecule has 0 unspecified atom stereocenters. The van der Waals surface area contributed by atoms with Crippen LogP contribution in [0.2, 0.25) is 0 Å². The molecule has 1 aliphatic heterocycles. The minimum atomic E-state index is -1.41. The molecule has 0 spiro atoms. The molecule has 88 valence electrons. The van der Waals surface area contributed by atoms with Crippen molar-refractivity contribution in [3.8, 4) is 0 Å². The van der Waals surface area contributed by atoms with Gasteiger partial charge in [0.25, 0.3) is 0 Å². The summed E-state index contributed by atoms with van der Waals surface area (Å²) in [4.78, 5) is 21.3. The number of aliphatic hydroxyl groups excluding tert-OH is 1. The number of hydrogen-bond acceptors (Lipinski definition) is 5. The predicted octanol–water partition coefficient (Wildman–Crippen LogP) is -0.435. The van der Waals surface area contributed by atoms with Gasteiger partial charge in [-0.05, 0) is 6.08 Å². The number of carboxylic acid groups (broad SMARTS) is 1. The molecule has 0 aromatic rings. The van der Waals surface area contributed by atoms with E-state index in [0.29, 0.717) is 0 Å². The smallest absolute Gasteiger partial charge is 0.333 e. The minimum absolute atomic E-state index is 0.0153. The zero-order chi connectivity index (χ0) is 11.9. The van der Waals surface area contributed by atoms with E-state index in [4.69, 9.17) is 9.84 Å². The van der Waals surface area contributed by atoms with Crippen LogP contribution in [0.5, 0.6) is 0 Å². The van der Waals surface area contributed by atoms with Gasteiger partial charge in [0, 0.05) is 4.92 Å². The third-order valence-electron chi connectivity index (χ3n) is 3.06. The molecular formula is C9H11NO6. The number of nitro groups is 1. The highest BCUT2D eigenvalue weighted by Gasteiger charge is 2.54. The molecule has 0 saturated carbocycles. The lowest BCUT2D eigenvalue weighted by molar-refractivity contribution is -0.567. The first-order chi connectivity index (χ1) is 7.44. The lowest BCUT2D eigenvalue weighted by atomic mass is 9.78. The zero-order valence-electron chi connectivity index (χ0n) is 8.28. The van der Waals surface area contributed by atoms with Crippen LogP contribution in [0.1, 0.15) is 12.8 Å². The van der Waals surface area contributed by atoms with Crippen LogP contribution in [0, 0.1) is 10.1 Å². The summed E-state index contributed by atoms with van der Waals surface area (Å²) < 4.78 is 5.10. The number of hydrogen-bond donors (Lipinski definition) is 2. The number of nitrogens with zero attached hydrogens (tertiary/aromatic N) is 1. The summed E-state index contributed by atoms with van der Waals surface area (Å²) in [5.41, 5.74) is -1.41. The molecular weight excluding hydrogens is 218 g/mol. The molecule has 1 heterocycles. The number of ether oxygens (including phenoxy) is 1. The highest BCUT2D eigenvalue weighted by Crippen LogP contribution is 2.37. The second-order valence-electron chi connectivity index (χ2n) is 4.12. The second kappa shape index (κ2) is 3.53. The van der Waals surface area contributed by atoms with Gasteiger partial charge in [-0.2, -0.15) is 0 Å². The van der Waals surface area contributed by atoms with Gasteiger partial charge in [-0.3, -0.25) is 10.1 Å². The van der Waals surface area contributed by atoms with Gasteiger partial charge in [-0.1, -0.05) is 6.08 Å². The molecule has 4 atom stereocenters. The van der Waals surface area contributed by atoms with Crippen molar-refractivity contribution < 1.29 is 24.7 Å². The van der Waals surface area contributed by atoms with E-state index in [9.17, 15) is 20.0 Å². The van der Waals surface area contributed by atoms with Crippen molar-refractivity contribution in [3.63, 3.8) is 0 Å². The van der Waals surface area contributed by atoms with Gasteiger partial charge in [0.1, 0.15) is 0 Å². The number of carbonyl (C=O) groups is 1. The predicted molar refractivity (Wildman–Crippen MR) is 50.4 cm³/mol. The number of aliphatic hydroxyl groups is 1. The van der Waals surface area contributed by atoms with Gasteiger partial charge in [0.05, 0.1) is 25.0 Å². The second-order valence-corrected chi connectivity index (χ2v) is 4.12. The van der Waals surface area contributed by atoms with Crippen LogP contribution in [-0.2, 0) is 9.53 Å². The van der Waals surface area contributed by atoms with E-state index in [0.717, 1.165) is 0 Å². The third-order valence-corrected chi connectivity index (χ3v) is 3.06. The molecule has 0 aromatic heterocycles.